The standard InChI is InChI=1S/C26H18ClN3O3S/c27-20-12-17(31)7-8-18(20)21-9-5-15(13-28-21)14-29-25(32)16-6-10-24-22(11-16)30-26(33)19-3-1-2-4-23(19)34-24/h1-13,31H,14H2,(H,29,32)(H,30,33). The molecule has 0 unspecified atom stereocenters. The summed E-state index contributed by atoms with van der Waals surface area (Å²) in [7, 11) is 0. The maximum atomic E-state index is 12.8. The number of hydrogen-bond acceptors (Lipinski definition) is 5. The maximum absolute atomic E-state index is 12.8. The number of phenolic OH excluding ortho intramolecular Hbond substituents is 1. The molecule has 0 bridgehead atoms. The number of phenols is 1. The van der Waals surface area contributed by atoms with Gasteiger partial charge in [0.1, 0.15) is 5.75 Å². The van der Waals surface area contributed by atoms with E-state index in [4.69, 9.17) is 11.6 Å². The molecule has 0 spiro atoms. The fourth-order valence-electron chi connectivity index (χ4n) is 3.59. The average Bonchev–Trinajstić information content (AvgIpc) is 2.98. The van der Waals surface area contributed by atoms with Crippen LogP contribution in [0.2, 0.25) is 5.02 Å². The monoisotopic (exact) mass is 487 g/mol. The highest BCUT2D eigenvalue weighted by Crippen LogP contribution is 2.39. The lowest BCUT2D eigenvalue weighted by atomic mass is 10.1. The second kappa shape index (κ2) is 9.21. The molecule has 0 fully saturated rings. The normalized spacial score (nSPS) is 12.2. The lowest BCUT2D eigenvalue weighted by molar-refractivity contribution is 0.0949. The topological polar surface area (TPSA) is 91.3 Å². The number of carbonyl (C=O) groups excluding carboxylic acids is 2. The Balaban J connectivity index is 1.27. The summed E-state index contributed by atoms with van der Waals surface area (Å²) in [5, 5.41) is 15.7. The van der Waals surface area contributed by atoms with Crippen LogP contribution in [0.5, 0.6) is 5.75 Å². The molecule has 4 aromatic rings. The van der Waals surface area contributed by atoms with Crippen molar-refractivity contribution >= 4 is 40.9 Å². The third kappa shape index (κ3) is 4.48. The van der Waals surface area contributed by atoms with Gasteiger partial charge in [-0.1, -0.05) is 41.6 Å². The van der Waals surface area contributed by atoms with Gasteiger partial charge in [-0.15, -0.1) is 0 Å². The summed E-state index contributed by atoms with van der Waals surface area (Å²) in [4.78, 5) is 31.5. The lowest BCUT2D eigenvalue weighted by Gasteiger charge is -2.10. The highest BCUT2D eigenvalue weighted by Gasteiger charge is 2.20. The molecule has 0 saturated carbocycles. The summed E-state index contributed by atoms with van der Waals surface area (Å²) >= 11 is 7.68. The van der Waals surface area contributed by atoms with E-state index in [2.05, 4.69) is 15.6 Å². The SMILES string of the molecule is O=C(NCc1ccc(-c2ccc(O)cc2Cl)nc1)c1ccc2c(c1)NC(=O)c1ccccc1S2. The molecule has 0 aliphatic carbocycles. The summed E-state index contributed by atoms with van der Waals surface area (Å²) in [6.45, 7) is 0.291. The van der Waals surface area contributed by atoms with Gasteiger partial charge in [0.05, 0.1) is 22.0 Å². The third-order valence-electron chi connectivity index (χ3n) is 5.35. The van der Waals surface area contributed by atoms with Gasteiger partial charge in [0, 0.05) is 33.7 Å². The predicted octanol–water partition coefficient (Wildman–Crippen LogP) is 5.75. The first-order valence-electron chi connectivity index (χ1n) is 10.4. The fraction of sp³-hybridized carbons (Fsp3) is 0.0385. The molecule has 2 heterocycles. The van der Waals surface area contributed by atoms with E-state index in [-0.39, 0.29) is 17.6 Å². The van der Waals surface area contributed by atoms with Gasteiger partial charge in [0.2, 0.25) is 0 Å². The second-order valence-corrected chi connectivity index (χ2v) is 9.15. The van der Waals surface area contributed by atoms with Crippen LogP contribution in [0.15, 0.2) is 88.8 Å². The smallest absolute Gasteiger partial charge is 0.256 e. The van der Waals surface area contributed by atoms with E-state index >= 15 is 0 Å². The number of halogens is 1. The van der Waals surface area contributed by atoms with Gasteiger partial charge in [0.15, 0.2) is 0 Å². The number of hydrogen-bond donors (Lipinski definition) is 3. The highest BCUT2D eigenvalue weighted by atomic mass is 35.5. The Kier molecular flexibility index (Phi) is 5.96. The maximum Gasteiger partial charge on any atom is 0.256 e. The molecule has 5 rings (SSSR count). The first kappa shape index (κ1) is 22.0. The number of amides is 2. The highest BCUT2D eigenvalue weighted by molar-refractivity contribution is 7.99. The number of fused-ring (bicyclic) bond motifs is 2. The van der Waals surface area contributed by atoms with E-state index < -0.39 is 0 Å². The summed E-state index contributed by atoms with van der Waals surface area (Å²) in [6.07, 6.45) is 1.67. The van der Waals surface area contributed by atoms with Gasteiger partial charge in [-0.25, -0.2) is 0 Å². The Bertz CT molecular complexity index is 1420. The van der Waals surface area contributed by atoms with Crippen LogP contribution >= 0.6 is 23.4 Å². The largest absolute Gasteiger partial charge is 0.508 e. The zero-order valence-corrected chi connectivity index (χ0v) is 19.3. The van der Waals surface area contributed by atoms with Gasteiger partial charge in [0.25, 0.3) is 11.8 Å². The van der Waals surface area contributed by atoms with Crippen molar-refractivity contribution in [1.82, 2.24) is 10.3 Å². The molecule has 3 aromatic carbocycles. The van der Waals surface area contributed by atoms with Crippen LogP contribution in [0, 0.1) is 0 Å². The summed E-state index contributed by atoms with van der Waals surface area (Å²) in [5.41, 5.74) is 3.86. The van der Waals surface area contributed by atoms with E-state index in [1.165, 1.54) is 17.8 Å². The average molecular weight is 488 g/mol. The van der Waals surface area contributed by atoms with E-state index in [0.717, 1.165) is 15.4 Å². The van der Waals surface area contributed by atoms with Crippen LogP contribution in [0.25, 0.3) is 11.3 Å². The first-order valence-corrected chi connectivity index (χ1v) is 11.6. The van der Waals surface area contributed by atoms with Gasteiger partial charge in [-0.05, 0) is 60.2 Å². The van der Waals surface area contributed by atoms with Crippen molar-refractivity contribution in [3.8, 4) is 17.0 Å². The number of pyridine rings is 1. The van der Waals surface area contributed by atoms with Crippen molar-refractivity contribution in [2.24, 2.45) is 0 Å². The van der Waals surface area contributed by atoms with Gasteiger partial charge < -0.3 is 15.7 Å². The van der Waals surface area contributed by atoms with Gasteiger partial charge >= 0.3 is 0 Å². The van der Waals surface area contributed by atoms with E-state index in [9.17, 15) is 14.7 Å². The van der Waals surface area contributed by atoms with Gasteiger partial charge in [-0.3, -0.25) is 14.6 Å². The molecular formula is C26H18ClN3O3S. The van der Waals surface area contributed by atoms with Crippen LogP contribution in [-0.4, -0.2) is 21.9 Å². The molecule has 0 saturated heterocycles. The zero-order chi connectivity index (χ0) is 23.7. The molecular weight excluding hydrogens is 470 g/mol. The molecule has 1 aliphatic heterocycles. The number of anilines is 1. The van der Waals surface area contributed by atoms with Crippen LogP contribution < -0.4 is 10.6 Å². The Hall–Kier alpha value is -3.81. The third-order valence-corrected chi connectivity index (χ3v) is 6.81. The molecule has 0 radical (unpaired) electrons. The van der Waals surface area contributed by atoms with Crippen molar-refractivity contribution in [2.45, 2.75) is 16.3 Å². The molecule has 1 aromatic heterocycles. The van der Waals surface area contributed by atoms with Crippen molar-refractivity contribution < 1.29 is 14.7 Å². The molecule has 0 atom stereocenters. The van der Waals surface area contributed by atoms with E-state index in [0.29, 0.717) is 39.6 Å². The predicted molar refractivity (Wildman–Crippen MR) is 132 cm³/mol. The molecule has 34 heavy (non-hydrogen) atoms. The quantitative estimate of drug-likeness (QED) is 0.340. The summed E-state index contributed by atoms with van der Waals surface area (Å²) in [6, 6.07) is 21.1. The first-order chi connectivity index (χ1) is 16.5. The number of benzene rings is 3. The fourth-order valence-corrected chi connectivity index (χ4v) is 4.88. The Morgan fingerprint density at radius 3 is 2.65 bits per heavy atom. The van der Waals surface area contributed by atoms with E-state index in [1.54, 1.807) is 36.5 Å². The Morgan fingerprint density at radius 1 is 1.00 bits per heavy atom. The van der Waals surface area contributed by atoms with Crippen molar-refractivity contribution in [1.29, 1.82) is 0 Å². The van der Waals surface area contributed by atoms with Crippen LogP contribution in [-0.2, 0) is 6.54 Å². The second-order valence-electron chi connectivity index (χ2n) is 7.66. The number of nitrogens with one attached hydrogen (secondary N) is 2. The molecule has 8 heteroatoms. The Labute approximate surface area is 205 Å². The van der Waals surface area contributed by atoms with Crippen molar-refractivity contribution in [3.63, 3.8) is 0 Å². The summed E-state index contributed by atoms with van der Waals surface area (Å²) < 4.78 is 0. The molecule has 168 valence electrons. The Morgan fingerprint density at radius 2 is 1.85 bits per heavy atom. The van der Waals surface area contributed by atoms with E-state index in [1.807, 2.05) is 36.4 Å². The number of aromatic hydroxyl groups is 1. The number of aromatic nitrogens is 1. The zero-order valence-electron chi connectivity index (χ0n) is 17.7. The summed E-state index contributed by atoms with van der Waals surface area (Å²) in [5.74, 6) is -0.359. The molecule has 3 N–H and O–H groups in total. The molecule has 2 amide bonds. The molecule has 6 nitrogen and oxygen atoms in total. The molecule has 1 aliphatic rings. The minimum Gasteiger partial charge on any atom is -0.508 e. The van der Waals surface area contributed by atoms with Crippen LogP contribution in [0.4, 0.5) is 5.69 Å². The number of rotatable bonds is 4. The van der Waals surface area contributed by atoms with Crippen molar-refractivity contribution in [3.05, 3.63) is 101 Å². The number of nitrogens with zero attached hydrogens (tertiary/aromatic N) is 1. The van der Waals surface area contributed by atoms with Crippen molar-refractivity contribution in [2.75, 3.05) is 5.32 Å². The minimum atomic E-state index is -0.255. The van der Waals surface area contributed by atoms with Gasteiger partial charge in [-0.2, -0.15) is 0 Å². The number of carbonyl (C=O) groups is 2. The van der Waals surface area contributed by atoms with Crippen LogP contribution in [0.3, 0.4) is 0 Å². The lowest BCUT2D eigenvalue weighted by Crippen LogP contribution is -2.23. The van der Waals surface area contributed by atoms with Crippen LogP contribution in [0.1, 0.15) is 26.3 Å². The minimum absolute atomic E-state index is 0.0913.